The number of methoxy groups -OCH3 is 1. The van der Waals surface area contributed by atoms with Crippen LogP contribution in [0.25, 0.3) is 0 Å². The molecule has 1 aromatic heterocycles. The van der Waals surface area contributed by atoms with Gasteiger partial charge in [0.15, 0.2) is 0 Å². The molecule has 0 saturated carbocycles. The fraction of sp³-hybridized carbons (Fsp3) is 0.333. The summed E-state index contributed by atoms with van der Waals surface area (Å²) < 4.78 is 5.41. The Kier molecular flexibility index (Phi) is 8.51. The number of nitrogens with one attached hydrogen (secondary N) is 1. The molecule has 0 aliphatic rings. The number of benzene rings is 1. The van der Waals surface area contributed by atoms with Crippen LogP contribution in [0.3, 0.4) is 0 Å². The van der Waals surface area contributed by atoms with Gasteiger partial charge in [0.1, 0.15) is 5.69 Å². The molecule has 0 bridgehead atoms. The van der Waals surface area contributed by atoms with E-state index < -0.39 is 0 Å². The van der Waals surface area contributed by atoms with Crippen molar-refractivity contribution < 1.29 is 9.53 Å². The van der Waals surface area contributed by atoms with Crippen LogP contribution in [0.1, 0.15) is 27.2 Å². The third kappa shape index (κ3) is 5.75. The third-order valence-electron chi connectivity index (χ3n) is 3.12. The molecule has 1 unspecified atom stereocenters. The number of hydrogen-bond donors (Lipinski definition) is 2. The Bertz CT molecular complexity index is 619. The fourth-order valence-corrected chi connectivity index (χ4v) is 2.86. The Labute approximate surface area is 150 Å². The minimum absolute atomic E-state index is 0. The molecular weight excluding hydrogens is 357 g/mol. The van der Waals surface area contributed by atoms with E-state index in [0.29, 0.717) is 30.2 Å². The molecule has 0 aliphatic carbocycles. The standard InChI is InChI=1S/C15H18ClN3O2S.ClH/c1-21-13(10-2-4-11(16)5-3-10)8-18-15(20)12-9-22-14(19-12)6-7-17;/h2-5,9,13H,6-8,17H2,1H3,(H,18,20);1H. The number of halogens is 2. The lowest BCUT2D eigenvalue weighted by atomic mass is 10.1. The van der Waals surface area contributed by atoms with Gasteiger partial charge in [-0.25, -0.2) is 4.98 Å². The number of amides is 1. The number of thiazole rings is 1. The Morgan fingerprint density at radius 3 is 2.74 bits per heavy atom. The smallest absolute Gasteiger partial charge is 0.270 e. The quantitative estimate of drug-likeness (QED) is 0.779. The molecule has 23 heavy (non-hydrogen) atoms. The highest BCUT2D eigenvalue weighted by atomic mass is 35.5. The van der Waals surface area contributed by atoms with E-state index in [4.69, 9.17) is 22.1 Å². The molecule has 3 N–H and O–H groups in total. The van der Waals surface area contributed by atoms with E-state index in [1.54, 1.807) is 24.6 Å². The molecule has 1 aromatic carbocycles. The van der Waals surface area contributed by atoms with E-state index in [1.807, 2.05) is 12.1 Å². The maximum atomic E-state index is 12.1. The van der Waals surface area contributed by atoms with Crippen LogP contribution >= 0.6 is 35.3 Å². The van der Waals surface area contributed by atoms with Crippen LogP contribution < -0.4 is 11.1 Å². The number of nitrogens with zero attached hydrogens (tertiary/aromatic N) is 1. The first-order valence-corrected chi connectivity index (χ1v) is 8.10. The summed E-state index contributed by atoms with van der Waals surface area (Å²) in [5, 5.41) is 6.11. The maximum Gasteiger partial charge on any atom is 0.270 e. The van der Waals surface area contributed by atoms with Gasteiger partial charge < -0.3 is 15.8 Å². The topological polar surface area (TPSA) is 77.2 Å². The average molecular weight is 376 g/mol. The molecular formula is C15H19Cl2N3O2S. The van der Waals surface area contributed by atoms with Gasteiger partial charge in [0.2, 0.25) is 0 Å². The van der Waals surface area contributed by atoms with Crippen molar-refractivity contribution in [1.82, 2.24) is 10.3 Å². The normalized spacial score (nSPS) is 11.6. The second-order valence-electron chi connectivity index (χ2n) is 4.65. The van der Waals surface area contributed by atoms with Crippen molar-refractivity contribution in [3.8, 4) is 0 Å². The van der Waals surface area contributed by atoms with Gasteiger partial charge in [-0.15, -0.1) is 23.7 Å². The molecule has 126 valence electrons. The second-order valence-corrected chi connectivity index (χ2v) is 6.03. The molecule has 8 heteroatoms. The highest BCUT2D eigenvalue weighted by Crippen LogP contribution is 2.19. The van der Waals surface area contributed by atoms with Crippen molar-refractivity contribution in [2.45, 2.75) is 12.5 Å². The Morgan fingerprint density at radius 2 is 2.13 bits per heavy atom. The van der Waals surface area contributed by atoms with E-state index in [-0.39, 0.29) is 24.4 Å². The maximum absolute atomic E-state index is 12.1. The summed E-state index contributed by atoms with van der Waals surface area (Å²) in [6, 6.07) is 7.35. The molecule has 1 amide bonds. The molecule has 0 radical (unpaired) electrons. The lowest BCUT2D eigenvalue weighted by molar-refractivity contribution is 0.0824. The summed E-state index contributed by atoms with van der Waals surface area (Å²) in [6.45, 7) is 0.887. The molecule has 1 heterocycles. The number of carbonyl (C=O) groups excluding carboxylic acids is 1. The van der Waals surface area contributed by atoms with Crippen molar-refractivity contribution in [3.63, 3.8) is 0 Å². The average Bonchev–Trinajstić information content (AvgIpc) is 2.98. The van der Waals surface area contributed by atoms with E-state index in [0.717, 1.165) is 10.6 Å². The number of hydrogen-bond acceptors (Lipinski definition) is 5. The molecule has 0 aliphatic heterocycles. The number of carbonyl (C=O) groups is 1. The first-order chi connectivity index (χ1) is 10.6. The monoisotopic (exact) mass is 375 g/mol. The molecule has 2 rings (SSSR count). The Balaban J connectivity index is 0.00000264. The van der Waals surface area contributed by atoms with Gasteiger partial charge in [0.25, 0.3) is 5.91 Å². The minimum atomic E-state index is -0.233. The highest BCUT2D eigenvalue weighted by molar-refractivity contribution is 7.09. The van der Waals surface area contributed by atoms with Crippen molar-refractivity contribution in [2.24, 2.45) is 5.73 Å². The molecule has 0 spiro atoms. The Hall–Kier alpha value is -1.18. The number of rotatable bonds is 7. The van der Waals surface area contributed by atoms with Crippen molar-refractivity contribution in [1.29, 1.82) is 0 Å². The van der Waals surface area contributed by atoms with Gasteiger partial charge in [-0.3, -0.25) is 4.79 Å². The summed E-state index contributed by atoms with van der Waals surface area (Å²) in [6.07, 6.45) is 0.451. The molecule has 0 saturated heterocycles. The van der Waals surface area contributed by atoms with Crippen LogP contribution in [0.4, 0.5) is 0 Å². The van der Waals surface area contributed by atoms with E-state index in [1.165, 1.54) is 11.3 Å². The Morgan fingerprint density at radius 1 is 1.43 bits per heavy atom. The summed E-state index contributed by atoms with van der Waals surface area (Å²) >= 11 is 7.31. The zero-order valence-corrected chi connectivity index (χ0v) is 15.0. The third-order valence-corrected chi connectivity index (χ3v) is 4.28. The van der Waals surface area contributed by atoms with Gasteiger partial charge in [0.05, 0.1) is 11.1 Å². The SMILES string of the molecule is COC(CNC(=O)c1csc(CCN)n1)c1ccc(Cl)cc1.Cl. The van der Waals surface area contributed by atoms with Gasteiger partial charge in [0, 0.05) is 30.5 Å². The van der Waals surface area contributed by atoms with Crippen LogP contribution in [0.15, 0.2) is 29.6 Å². The van der Waals surface area contributed by atoms with Gasteiger partial charge >= 0.3 is 0 Å². The van der Waals surface area contributed by atoms with E-state index in [2.05, 4.69) is 10.3 Å². The largest absolute Gasteiger partial charge is 0.375 e. The lowest BCUT2D eigenvalue weighted by Crippen LogP contribution is -2.29. The zero-order chi connectivity index (χ0) is 15.9. The fourth-order valence-electron chi connectivity index (χ4n) is 1.94. The second kappa shape index (κ2) is 9.85. The first kappa shape index (κ1) is 19.9. The lowest BCUT2D eigenvalue weighted by Gasteiger charge is -2.16. The van der Waals surface area contributed by atoms with Crippen LogP contribution in [0.2, 0.25) is 5.02 Å². The van der Waals surface area contributed by atoms with Crippen molar-refractivity contribution in [2.75, 3.05) is 20.2 Å². The summed E-state index contributed by atoms with van der Waals surface area (Å²) in [4.78, 5) is 16.3. The number of aromatic nitrogens is 1. The molecule has 2 aromatic rings. The molecule has 0 fully saturated rings. The van der Waals surface area contributed by atoms with Gasteiger partial charge in [-0.1, -0.05) is 23.7 Å². The van der Waals surface area contributed by atoms with Crippen molar-refractivity contribution in [3.05, 3.63) is 50.9 Å². The number of nitrogens with two attached hydrogens (primary N) is 1. The summed E-state index contributed by atoms with van der Waals surface area (Å²) in [5.74, 6) is -0.212. The zero-order valence-electron chi connectivity index (χ0n) is 12.6. The minimum Gasteiger partial charge on any atom is -0.375 e. The van der Waals surface area contributed by atoms with Crippen LogP contribution in [-0.2, 0) is 11.2 Å². The van der Waals surface area contributed by atoms with Crippen LogP contribution in [0, 0.1) is 0 Å². The number of ether oxygens (including phenoxy) is 1. The molecule has 1 atom stereocenters. The first-order valence-electron chi connectivity index (χ1n) is 6.85. The summed E-state index contributed by atoms with van der Waals surface area (Å²) in [5.41, 5.74) is 6.85. The van der Waals surface area contributed by atoms with E-state index >= 15 is 0 Å². The van der Waals surface area contributed by atoms with Crippen LogP contribution in [-0.4, -0.2) is 31.1 Å². The highest BCUT2D eigenvalue weighted by Gasteiger charge is 2.15. The van der Waals surface area contributed by atoms with Gasteiger partial charge in [-0.2, -0.15) is 0 Å². The predicted octanol–water partition coefficient (Wildman–Crippen LogP) is 2.84. The predicted molar refractivity (Wildman–Crippen MR) is 95.7 cm³/mol. The molecule has 5 nitrogen and oxygen atoms in total. The van der Waals surface area contributed by atoms with Crippen molar-refractivity contribution >= 4 is 41.3 Å². The van der Waals surface area contributed by atoms with Crippen LogP contribution in [0.5, 0.6) is 0 Å². The summed E-state index contributed by atoms with van der Waals surface area (Å²) in [7, 11) is 1.60. The van der Waals surface area contributed by atoms with E-state index in [9.17, 15) is 4.79 Å². The van der Waals surface area contributed by atoms with Gasteiger partial charge in [-0.05, 0) is 24.2 Å².